The Bertz CT molecular complexity index is 956. The van der Waals surface area contributed by atoms with Crippen molar-refractivity contribution in [2.24, 2.45) is 0 Å². The molecule has 2 N–H and O–H groups in total. The van der Waals surface area contributed by atoms with Crippen LogP contribution in [0.1, 0.15) is 46.0 Å². The summed E-state index contributed by atoms with van der Waals surface area (Å²) in [6.45, 7) is 2.53. The van der Waals surface area contributed by atoms with Gasteiger partial charge in [-0.25, -0.2) is 8.42 Å². The number of piperazine rings is 1. The van der Waals surface area contributed by atoms with Crippen molar-refractivity contribution >= 4 is 39.1 Å². The van der Waals surface area contributed by atoms with Crippen molar-refractivity contribution in [1.29, 1.82) is 0 Å². The highest BCUT2D eigenvalue weighted by molar-refractivity contribution is 7.88. The third-order valence-corrected chi connectivity index (χ3v) is 7.08. The average Bonchev–Trinajstić information content (AvgIpc) is 2.68. The Morgan fingerprint density at radius 1 is 1.10 bits per heavy atom. The minimum absolute atomic E-state index is 0.0192. The number of nitrogens with one attached hydrogen (secondary N) is 2. The van der Waals surface area contributed by atoms with E-state index < -0.39 is 21.5 Å². The molecular weight excluding hydrogens is 420 g/mol. The monoisotopic (exact) mass is 450 g/mol. The van der Waals surface area contributed by atoms with Crippen LogP contribution in [-0.4, -0.2) is 61.4 Å². The maximum Gasteiger partial charge on any atom is 0.247 e. The summed E-state index contributed by atoms with van der Waals surface area (Å²) in [4.78, 5) is 39.2. The second-order valence-electron chi connectivity index (χ2n) is 8.57. The molecule has 3 rings (SSSR count). The van der Waals surface area contributed by atoms with Crippen LogP contribution in [0, 0.1) is 0 Å². The molecule has 1 saturated carbocycles. The van der Waals surface area contributed by atoms with Gasteiger partial charge in [-0.05, 0) is 44.0 Å². The molecule has 1 atom stereocenters. The van der Waals surface area contributed by atoms with Crippen LogP contribution in [0.3, 0.4) is 0 Å². The molecule has 1 aromatic rings. The van der Waals surface area contributed by atoms with Crippen LogP contribution >= 0.6 is 0 Å². The van der Waals surface area contributed by atoms with Crippen LogP contribution in [0.25, 0.3) is 0 Å². The number of rotatable bonds is 5. The molecule has 1 aromatic carbocycles. The standard InChI is InChI=1S/C21H30N4O5S/c1-15(26)22-17-9-11-18(12-10-17)25-19(27)13-24(31(3,29)30)14-21(25,2)20(28)23-16-7-5-4-6-8-16/h9-12,16H,4-8,13-14H2,1-3H3,(H,22,26)(H,23,28). The summed E-state index contributed by atoms with van der Waals surface area (Å²) in [6, 6.07) is 6.60. The molecule has 0 aromatic heterocycles. The molecule has 1 aliphatic heterocycles. The van der Waals surface area contributed by atoms with Gasteiger partial charge in [0.25, 0.3) is 0 Å². The van der Waals surface area contributed by atoms with Gasteiger partial charge in [-0.2, -0.15) is 4.31 Å². The maximum absolute atomic E-state index is 13.4. The minimum atomic E-state index is -3.66. The van der Waals surface area contributed by atoms with Crippen LogP contribution in [0.15, 0.2) is 24.3 Å². The number of benzene rings is 1. The van der Waals surface area contributed by atoms with Crippen molar-refractivity contribution in [3.63, 3.8) is 0 Å². The number of hydrogen-bond donors (Lipinski definition) is 2. The highest BCUT2D eigenvalue weighted by atomic mass is 32.2. The zero-order valence-electron chi connectivity index (χ0n) is 18.2. The molecule has 1 saturated heterocycles. The smallest absolute Gasteiger partial charge is 0.247 e. The van der Waals surface area contributed by atoms with E-state index in [9.17, 15) is 22.8 Å². The van der Waals surface area contributed by atoms with Gasteiger partial charge in [0.15, 0.2) is 0 Å². The summed E-state index contributed by atoms with van der Waals surface area (Å²) in [5, 5.41) is 5.71. The van der Waals surface area contributed by atoms with Crippen LogP contribution in [0.2, 0.25) is 0 Å². The number of hydrogen-bond acceptors (Lipinski definition) is 5. The summed E-state index contributed by atoms with van der Waals surface area (Å²) >= 11 is 0. The Morgan fingerprint density at radius 3 is 2.26 bits per heavy atom. The third-order valence-electron chi connectivity index (χ3n) is 5.88. The van der Waals surface area contributed by atoms with Gasteiger partial charge < -0.3 is 10.6 Å². The first-order chi connectivity index (χ1) is 14.5. The predicted molar refractivity (Wildman–Crippen MR) is 118 cm³/mol. The summed E-state index contributed by atoms with van der Waals surface area (Å²) in [6.07, 6.45) is 5.98. The number of anilines is 2. The molecule has 3 amide bonds. The van der Waals surface area contributed by atoms with Crippen molar-refractivity contribution in [3.05, 3.63) is 24.3 Å². The molecule has 0 radical (unpaired) electrons. The molecule has 170 valence electrons. The average molecular weight is 451 g/mol. The molecule has 0 spiro atoms. The van der Waals surface area contributed by atoms with E-state index in [2.05, 4.69) is 10.6 Å². The second-order valence-corrected chi connectivity index (χ2v) is 10.6. The Hall–Kier alpha value is -2.46. The Balaban J connectivity index is 1.94. The predicted octanol–water partition coefficient (Wildman–Crippen LogP) is 1.46. The van der Waals surface area contributed by atoms with Gasteiger partial charge >= 0.3 is 0 Å². The number of sulfonamides is 1. The van der Waals surface area contributed by atoms with Gasteiger partial charge in [0, 0.05) is 30.9 Å². The van der Waals surface area contributed by atoms with E-state index in [0.717, 1.165) is 42.7 Å². The summed E-state index contributed by atoms with van der Waals surface area (Å²) in [5.41, 5.74) is -0.383. The minimum Gasteiger partial charge on any atom is -0.351 e. The van der Waals surface area contributed by atoms with Crippen molar-refractivity contribution in [2.75, 3.05) is 29.6 Å². The largest absolute Gasteiger partial charge is 0.351 e. The highest BCUT2D eigenvalue weighted by Crippen LogP contribution is 2.32. The lowest BCUT2D eigenvalue weighted by molar-refractivity contribution is -0.133. The quantitative estimate of drug-likeness (QED) is 0.705. The Morgan fingerprint density at radius 2 is 1.71 bits per heavy atom. The maximum atomic E-state index is 13.4. The summed E-state index contributed by atoms with van der Waals surface area (Å²) in [7, 11) is -3.66. The SMILES string of the molecule is CC(=O)Nc1ccc(N2C(=O)CN(S(C)(=O)=O)CC2(C)C(=O)NC2CCCCC2)cc1. The van der Waals surface area contributed by atoms with E-state index in [1.807, 2.05) is 0 Å². The molecule has 1 heterocycles. The summed E-state index contributed by atoms with van der Waals surface area (Å²) in [5.74, 6) is -1.07. The first-order valence-corrected chi connectivity index (χ1v) is 12.3. The van der Waals surface area contributed by atoms with Crippen LogP contribution in [-0.2, 0) is 24.4 Å². The van der Waals surface area contributed by atoms with Crippen molar-refractivity contribution < 1.29 is 22.8 Å². The fourth-order valence-electron chi connectivity index (χ4n) is 4.29. The fraction of sp³-hybridized carbons (Fsp3) is 0.571. The molecule has 31 heavy (non-hydrogen) atoms. The van der Waals surface area contributed by atoms with Crippen molar-refractivity contribution in [1.82, 2.24) is 9.62 Å². The Labute approximate surface area is 183 Å². The van der Waals surface area contributed by atoms with E-state index in [0.29, 0.717) is 11.4 Å². The van der Waals surface area contributed by atoms with E-state index in [1.165, 1.54) is 11.8 Å². The van der Waals surface area contributed by atoms with E-state index in [4.69, 9.17) is 0 Å². The molecule has 9 nitrogen and oxygen atoms in total. The third kappa shape index (κ3) is 5.24. The Kier molecular flexibility index (Phi) is 6.70. The van der Waals surface area contributed by atoms with Gasteiger partial charge in [0.2, 0.25) is 27.7 Å². The lowest BCUT2D eigenvalue weighted by Gasteiger charge is -2.47. The number of carbonyl (C=O) groups excluding carboxylic acids is 3. The van der Waals surface area contributed by atoms with Crippen LogP contribution in [0.4, 0.5) is 11.4 Å². The zero-order valence-corrected chi connectivity index (χ0v) is 19.0. The van der Waals surface area contributed by atoms with Crippen molar-refractivity contribution in [2.45, 2.75) is 57.5 Å². The normalized spacial score (nSPS) is 23.5. The zero-order chi connectivity index (χ0) is 22.8. The van der Waals surface area contributed by atoms with Gasteiger partial charge in [0.05, 0.1) is 12.8 Å². The lowest BCUT2D eigenvalue weighted by atomic mass is 9.91. The molecule has 2 aliphatic rings. The fourth-order valence-corrected chi connectivity index (χ4v) is 5.12. The van der Waals surface area contributed by atoms with Crippen molar-refractivity contribution in [3.8, 4) is 0 Å². The second kappa shape index (κ2) is 8.96. The molecule has 1 aliphatic carbocycles. The van der Waals surface area contributed by atoms with E-state index in [1.54, 1.807) is 31.2 Å². The molecule has 0 bridgehead atoms. The molecular formula is C21H30N4O5S. The molecule has 1 unspecified atom stereocenters. The van der Waals surface area contributed by atoms with Gasteiger partial charge in [-0.15, -0.1) is 0 Å². The topological polar surface area (TPSA) is 116 Å². The van der Waals surface area contributed by atoms with Gasteiger partial charge in [0.1, 0.15) is 5.54 Å². The first-order valence-electron chi connectivity index (χ1n) is 10.5. The van der Waals surface area contributed by atoms with E-state index in [-0.39, 0.29) is 30.9 Å². The van der Waals surface area contributed by atoms with Gasteiger partial charge in [-0.1, -0.05) is 19.3 Å². The lowest BCUT2D eigenvalue weighted by Crippen LogP contribution is -2.70. The van der Waals surface area contributed by atoms with Crippen LogP contribution in [0.5, 0.6) is 0 Å². The molecule has 2 fully saturated rings. The summed E-state index contributed by atoms with van der Waals surface area (Å²) < 4.78 is 25.5. The number of nitrogens with zero attached hydrogens (tertiary/aromatic N) is 2. The molecule has 10 heteroatoms. The van der Waals surface area contributed by atoms with Crippen LogP contribution < -0.4 is 15.5 Å². The number of carbonyl (C=O) groups is 3. The highest BCUT2D eigenvalue weighted by Gasteiger charge is 2.50. The number of amides is 3. The van der Waals surface area contributed by atoms with E-state index >= 15 is 0 Å². The van der Waals surface area contributed by atoms with Gasteiger partial charge in [-0.3, -0.25) is 19.3 Å². The first kappa shape index (κ1) is 23.2.